The van der Waals surface area contributed by atoms with Crippen LogP contribution in [0.25, 0.3) is 0 Å². The molecule has 0 aromatic carbocycles. The van der Waals surface area contributed by atoms with Gasteiger partial charge in [0.2, 0.25) is 0 Å². The molecule has 0 aromatic heterocycles. The molecular weight excluding hydrogens is 542 g/mol. The second kappa shape index (κ2) is 10.1. The molecule has 4 unspecified atom stereocenters. The molecule has 5 saturated carbocycles. The normalized spacial score (nSPS) is 54.0. The van der Waals surface area contributed by atoms with Gasteiger partial charge in [0.1, 0.15) is 6.10 Å². The fraction of sp³-hybridized carbons (Fsp3) is 0.972. The van der Waals surface area contributed by atoms with E-state index < -0.39 is 6.10 Å². The second-order valence-corrected chi connectivity index (χ2v) is 17.5. The van der Waals surface area contributed by atoms with Crippen LogP contribution in [0.5, 0.6) is 0 Å². The first kappa shape index (κ1) is 30.9. The Hall–Kier alpha value is -0.730. The SMILES string of the molecule is CC(=O)OC(C(C)C)C1C[C@@H](C)[C@H]2C(O1)[C@H](O)[C@@]1(C)C3CC[C@H]4C(C)(C)[C@@H](O[C@H]5CNCCO5)CC[C@@]45C[C@@]35CC[C@]21C. The number of ether oxygens (including phenoxy) is 4. The Balaban J connectivity index is 1.16. The fourth-order valence-corrected chi connectivity index (χ4v) is 13.4. The van der Waals surface area contributed by atoms with Crippen LogP contribution in [0.15, 0.2) is 0 Å². The van der Waals surface area contributed by atoms with Crippen molar-refractivity contribution in [3.63, 3.8) is 0 Å². The van der Waals surface area contributed by atoms with Crippen LogP contribution in [-0.4, -0.2) is 67.6 Å². The molecule has 7 aliphatic rings. The van der Waals surface area contributed by atoms with Gasteiger partial charge in [0.15, 0.2) is 6.29 Å². The maximum Gasteiger partial charge on any atom is 0.303 e. The van der Waals surface area contributed by atoms with Gasteiger partial charge in [0.05, 0.1) is 31.0 Å². The van der Waals surface area contributed by atoms with Crippen molar-refractivity contribution in [3.05, 3.63) is 0 Å². The monoisotopic (exact) mass is 601 g/mol. The van der Waals surface area contributed by atoms with Crippen molar-refractivity contribution in [2.75, 3.05) is 19.7 Å². The number of hydrogen-bond acceptors (Lipinski definition) is 7. The van der Waals surface area contributed by atoms with Crippen LogP contribution in [0, 0.1) is 56.7 Å². The number of aliphatic hydroxyl groups is 1. The molecule has 0 radical (unpaired) electrons. The predicted molar refractivity (Wildman–Crippen MR) is 164 cm³/mol. The van der Waals surface area contributed by atoms with Crippen molar-refractivity contribution in [2.45, 2.75) is 144 Å². The van der Waals surface area contributed by atoms with Crippen LogP contribution in [0.2, 0.25) is 0 Å². The lowest BCUT2D eigenvalue weighted by Gasteiger charge is -2.63. The summed E-state index contributed by atoms with van der Waals surface area (Å²) in [7, 11) is 0. The fourth-order valence-electron chi connectivity index (χ4n) is 13.4. The first-order chi connectivity index (χ1) is 20.2. The van der Waals surface area contributed by atoms with E-state index in [4.69, 9.17) is 18.9 Å². The molecule has 43 heavy (non-hydrogen) atoms. The lowest BCUT2D eigenvalue weighted by molar-refractivity contribution is -0.237. The van der Waals surface area contributed by atoms with Crippen molar-refractivity contribution in [1.29, 1.82) is 0 Å². The highest BCUT2D eigenvalue weighted by Crippen LogP contribution is 2.89. The summed E-state index contributed by atoms with van der Waals surface area (Å²) in [4.78, 5) is 12.0. The quantitative estimate of drug-likeness (QED) is 0.390. The molecule has 2 N–H and O–H groups in total. The van der Waals surface area contributed by atoms with Crippen molar-refractivity contribution in [1.82, 2.24) is 5.32 Å². The van der Waals surface area contributed by atoms with Gasteiger partial charge in [-0.2, -0.15) is 0 Å². The molecule has 2 heterocycles. The molecule has 0 bridgehead atoms. The number of carbonyl (C=O) groups excluding carboxylic acids is 1. The molecule has 2 saturated heterocycles. The molecule has 244 valence electrons. The average Bonchev–Trinajstić information content (AvgIpc) is 3.58. The van der Waals surface area contributed by atoms with Crippen molar-refractivity contribution >= 4 is 5.97 Å². The minimum Gasteiger partial charge on any atom is -0.460 e. The molecule has 7 rings (SSSR count). The van der Waals surface area contributed by atoms with E-state index in [0.717, 1.165) is 32.5 Å². The number of carbonyl (C=O) groups is 1. The van der Waals surface area contributed by atoms with E-state index in [1.807, 2.05) is 0 Å². The highest BCUT2D eigenvalue weighted by molar-refractivity contribution is 5.66. The third kappa shape index (κ3) is 4.06. The van der Waals surface area contributed by atoms with Crippen LogP contribution < -0.4 is 5.32 Å². The van der Waals surface area contributed by atoms with Crippen molar-refractivity contribution < 1.29 is 28.8 Å². The summed E-state index contributed by atoms with van der Waals surface area (Å²) in [5, 5.41) is 15.9. The Morgan fingerprint density at radius 3 is 2.42 bits per heavy atom. The van der Waals surface area contributed by atoms with E-state index in [-0.39, 0.29) is 58.8 Å². The van der Waals surface area contributed by atoms with Gasteiger partial charge in [-0.25, -0.2) is 0 Å². The standard InChI is InChI=1S/C36H59NO6/c1-20(2)29(41-22(4)38)23-17-21(3)28-30(42-23)31(39)34(8)25-10-9-24-32(5,6)26(43-27-18-37-15-16-40-27)11-12-35(24)19-36(25,35)14-13-33(28,34)7/h20-21,23-31,37,39H,9-19H2,1-8H3/t21-,23?,24+,25?,26+,27+,28+,29?,30?,31+,33-,34-,35-,36+/m1/s1. The molecule has 5 aliphatic carbocycles. The minimum atomic E-state index is -0.502. The molecule has 14 atom stereocenters. The van der Waals surface area contributed by atoms with Gasteiger partial charge in [-0.3, -0.25) is 4.79 Å². The zero-order valence-electron chi connectivity index (χ0n) is 28.1. The average molecular weight is 602 g/mol. The Bertz CT molecular complexity index is 1110. The molecule has 7 fully saturated rings. The third-order valence-corrected chi connectivity index (χ3v) is 15.3. The van der Waals surface area contributed by atoms with Gasteiger partial charge >= 0.3 is 5.97 Å². The number of hydrogen-bond donors (Lipinski definition) is 2. The summed E-state index contributed by atoms with van der Waals surface area (Å²) in [6, 6.07) is 0. The van der Waals surface area contributed by atoms with Crippen LogP contribution in [0.1, 0.15) is 107 Å². The zero-order chi connectivity index (χ0) is 30.7. The Morgan fingerprint density at radius 2 is 1.74 bits per heavy atom. The Labute approximate surface area is 259 Å². The van der Waals surface area contributed by atoms with Crippen LogP contribution in [0.4, 0.5) is 0 Å². The van der Waals surface area contributed by atoms with E-state index in [9.17, 15) is 9.90 Å². The lowest BCUT2D eigenvalue weighted by atomic mass is 9.41. The topological polar surface area (TPSA) is 86.3 Å². The van der Waals surface area contributed by atoms with E-state index in [2.05, 4.69) is 53.8 Å². The molecule has 7 heteroatoms. The second-order valence-electron chi connectivity index (χ2n) is 17.5. The minimum absolute atomic E-state index is 0.0317. The third-order valence-electron chi connectivity index (χ3n) is 15.3. The van der Waals surface area contributed by atoms with Gasteiger partial charge < -0.3 is 29.4 Å². The van der Waals surface area contributed by atoms with Crippen molar-refractivity contribution in [3.8, 4) is 0 Å². The van der Waals surface area contributed by atoms with Gasteiger partial charge in [-0.15, -0.1) is 0 Å². The summed E-state index contributed by atoms with van der Waals surface area (Å²) in [5.41, 5.74) is 0.640. The molecule has 0 amide bonds. The maximum atomic E-state index is 12.5. The van der Waals surface area contributed by atoms with Crippen LogP contribution >= 0.6 is 0 Å². The summed E-state index contributed by atoms with van der Waals surface area (Å²) in [5.74, 6) is 1.80. The van der Waals surface area contributed by atoms with Crippen LogP contribution in [0.3, 0.4) is 0 Å². The molecule has 2 spiro atoms. The number of aliphatic hydroxyl groups excluding tert-OH is 1. The van der Waals surface area contributed by atoms with E-state index in [1.54, 1.807) is 0 Å². The summed E-state index contributed by atoms with van der Waals surface area (Å²) in [6.45, 7) is 20.4. The Morgan fingerprint density at radius 1 is 1.02 bits per heavy atom. The highest BCUT2D eigenvalue weighted by atomic mass is 16.7. The van der Waals surface area contributed by atoms with Gasteiger partial charge in [0.25, 0.3) is 0 Å². The zero-order valence-corrected chi connectivity index (χ0v) is 28.1. The predicted octanol–water partition coefficient (Wildman–Crippen LogP) is 5.72. The van der Waals surface area contributed by atoms with E-state index in [1.165, 1.54) is 45.4 Å². The largest absolute Gasteiger partial charge is 0.460 e. The lowest BCUT2D eigenvalue weighted by Crippen LogP contribution is -2.60. The number of fused-ring (bicyclic) bond motifs is 4. The molecular formula is C36H59NO6. The number of esters is 1. The van der Waals surface area contributed by atoms with Crippen LogP contribution in [-0.2, 0) is 23.7 Å². The van der Waals surface area contributed by atoms with Crippen molar-refractivity contribution in [2.24, 2.45) is 56.7 Å². The number of morpholine rings is 1. The first-order valence-electron chi connectivity index (χ1n) is 17.7. The van der Waals surface area contributed by atoms with Gasteiger partial charge in [0, 0.05) is 25.4 Å². The van der Waals surface area contributed by atoms with Gasteiger partial charge in [-0.1, -0.05) is 48.5 Å². The molecule has 2 aliphatic heterocycles. The summed E-state index contributed by atoms with van der Waals surface area (Å²) < 4.78 is 25.4. The highest BCUT2D eigenvalue weighted by Gasteiger charge is 2.84. The smallest absolute Gasteiger partial charge is 0.303 e. The summed E-state index contributed by atoms with van der Waals surface area (Å²) >= 11 is 0. The van der Waals surface area contributed by atoms with E-state index in [0.29, 0.717) is 34.5 Å². The number of nitrogens with one attached hydrogen (secondary N) is 1. The number of rotatable bonds is 5. The maximum absolute atomic E-state index is 12.5. The molecule has 0 aromatic rings. The first-order valence-corrected chi connectivity index (χ1v) is 17.7. The summed E-state index contributed by atoms with van der Waals surface area (Å²) in [6.07, 6.45) is 8.35. The van der Waals surface area contributed by atoms with Gasteiger partial charge in [-0.05, 0) is 103 Å². The van der Waals surface area contributed by atoms with E-state index >= 15 is 0 Å². The Kier molecular flexibility index (Phi) is 7.28. The molecule has 7 nitrogen and oxygen atoms in total.